The molecule has 3 N–H and O–H groups in total. The third kappa shape index (κ3) is 5.17. The highest BCUT2D eigenvalue weighted by Gasteiger charge is 2.18. The van der Waals surface area contributed by atoms with Crippen molar-refractivity contribution in [3.63, 3.8) is 0 Å². The molecule has 0 spiro atoms. The molecule has 1 amide bonds. The molecule has 0 saturated carbocycles. The zero-order valence-electron chi connectivity index (χ0n) is 9.60. The van der Waals surface area contributed by atoms with E-state index in [-0.39, 0.29) is 6.61 Å². The number of hydrogen-bond acceptors (Lipinski definition) is 4. The summed E-state index contributed by atoms with van der Waals surface area (Å²) in [6, 6.07) is 3.82. The van der Waals surface area contributed by atoms with E-state index in [2.05, 4.69) is 37.2 Å². The van der Waals surface area contributed by atoms with Crippen molar-refractivity contribution >= 4 is 43.7 Å². The van der Waals surface area contributed by atoms with Gasteiger partial charge in [0.15, 0.2) is 6.61 Å². The summed E-state index contributed by atoms with van der Waals surface area (Å²) in [5, 5.41) is 19.5. The summed E-state index contributed by atoms with van der Waals surface area (Å²) in [6.45, 7) is -1.02. The van der Waals surface area contributed by atoms with Crippen LogP contribution in [0.25, 0.3) is 0 Å². The Balaban J connectivity index is 2.52. The van der Waals surface area contributed by atoms with E-state index in [9.17, 15) is 9.59 Å². The number of carbonyl (C=O) groups is 2. The topological polar surface area (TPSA) is 95.9 Å². The number of rotatable bonds is 6. The minimum Gasteiger partial charge on any atom is -0.483 e. The molecule has 1 aromatic rings. The number of aliphatic hydroxyl groups excluding tert-OH is 1. The number of aliphatic carboxylic acids is 1. The molecule has 1 aromatic carbocycles. The van der Waals surface area contributed by atoms with Gasteiger partial charge in [0, 0.05) is 4.47 Å². The van der Waals surface area contributed by atoms with Gasteiger partial charge >= 0.3 is 5.97 Å². The zero-order chi connectivity index (χ0) is 14.4. The predicted octanol–water partition coefficient (Wildman–Crippen LogP) is 1.15. The van der Waals surface area contributed by atoms with Gasteiger partial charge in [0.2, 0.25) is 0 Å². The number of carboxylic acids is 1. The van der Waals surface area contributed by atoms with Crippen LogP contribution in [0.15, 0.2) is 27.1 Å². The van der Waals surface area contributed by atoms with Crippen LogP contribution in [0.2, 0.25) is 0 Å². The normalized spacial score (nSPS) is 11.7. The Labute approximate surface area is 126 Å². The molecule has 0 saturated heterocycles. The van der Waals surface area contributed by atoms with Gasteiger partial charge in [0.1, 0.15) is 11.8 Å². The predicted molar refractivity (Wildman–Crippen MR) is 74.0 cm³/mol. The van der Waals surface area contributed by atoms with E-state index in [1.807, 2.05) is 0 Å². The second kappa shape index (κ2) is 7.46. The first-order valence-corrected chi connectivity index (χ1v) is 6.73. The molecule has 0 aromatic heterocycles. The molecule has 0 aliphatic heterocycles. The van der Waals surface area contributed by atoms with E-state index in [4.69, 9.17) is 14.9 Å². The number of halogens is 2. The molecule has 0 radical (unpaired) electrons. The zero-order valence-corrected chi connectivity index (χ0v) is 12.8. The number of carbonyl (C=O) groups excluding carboxylic acids is 1. The molecule has 0 aliphatic rings. The summed E-state index contributed by atoms with van der Waals surface area (Å²) in [6.07, 6.45) is 0. The number of benzene rings is 1. The molecule has 0 bridgehead atoms. The van der Waals surface area contributed by atoms with Gasteiger partial charge in [-0.1, -0.05) is 15.9 Å². The smallest absolute Gasteiger partial charge is 0.328 e. The summed E-state index contributed by atoms with van der Waals surface area (Å²) in [5.74, 6) is -1.48. The Bertz CT molecular complexity index is 480. The van der Waals surface area contributed by atoms with Gasteiger partial charge in [0.25, 0.3) is 5.91 Å². The summed E-state index contributed by atoms with van der Waals surface area (Å²) in [5.41, 5.74) is 0. The molecule has 104 valence electrons. The molecular weight excluding hydrogens is 386 g/mol. The minimum atomic E-state index is -1.33. The molecule has 6 nitrogen and oxygen atoms in total. The highest BCUT2D eigenvalue weighted by Crippen LogP contribution is 2.27. The fourth-order valence-electron chi connectivity index (χ4n) is 1.16. The third-order valence-electron chi connectivity index (χ3n) is 2.07. The molecule has 0 unspecified atom stereocenters. The number of amides is 1. The van der Waals surface area contributed by atoms with Gasteiger partial charge in [-0.3, -0.25) is 4.79 Å². The lowest BCUT2D eigenvalue weighted by Crippen LogP contribution is -2.45. The Morgan fingerprint density at radius 1 is 1.37 bits per heavy atom. The van der Waals surface area contributed by atoms with Gasteiger partial charge in [-0.05, 0) is 34.1 Å². The average molecular weight is 397 g/mol. The van der Waals surface area contributed by atoms with E-state index >= 15 is 0 Å². The molecule has 1 rings (SSSR count). The van der Waals surface area contributed by atoms with E-state index in [0.717, 1.165) is 4.47 Å². The van der Waals surface area contributed by atoms with E-state index in [1.165, 1.54) is 0 Å². The molecule has 0 aliphatic carbocycles. The van der Waals surface area contributed by atoms with Crippen LogP contribution in [0.5, 0.6) is 5.75 Å². The highest BCUT2D eigenvalue weighted by atomic mass is 79.9. The summed E-state index contributed by atoms with van der Waals surface area (Å²) < 4.78 is 6.73. The Morgan fingerprint density at radius 3 is 2.58 bits per heavy atom. The maximum atomic E-state index is 11.4. The fourth-order valence-corrected chi connectivity index (χ4v) is 2.32. The van der Waals surface area contributed by atoms with Gasteiger partial charge in [-0.15, -0.1) is 0 Å². The summed E-state index contributed by atoms with van der Waals surface area (Å²) >= 11 is 6.54. The van der Waals surface area contributed by atoms with Gasteiger partial charge in [-0.2, -0.15) is 0 Å². The number of aliphatic hydroxyl groups is 1. The maximum absolute atomic E-state index is 11.4. The van der Waals surface area contributed by atoms with Crippen molar-refractivity contribution in [3.05, 3.63) is 27.1 Å². The first kappa shape index (κ1) is 15.9. The van der Waals surface area contributed by atoms with Crippen molar-refractivity contribution in [2.45, 2.75) is 6.04 Å². The lowest BCUT2D eigenvalue weighted by atomic mass is 10.3. The second-order valence-corrected chi connectivity index (χ2v) is 5.27. The van der Waals surface area contributed by atoms with Crippen LogP contribution in [0.1, 0.15) is 0 Å². The third-order valence-corrected chi connectivity index (χ3v) is 3.18. The number of nitrogens with one attached hydrogen (secondary N) is 1. The van der Waals surface area contributed by atoms with Crippen LogP contribution in [0, 0.1) is 0 Å². The Kier molecular flexibility index (Phi) is 6.26. The molecule has 19 heavy (non-hydrogen) atoms. The van der Waals surface area contributed by atoms with Gasteiger partial charge in [-0.25, -0.2) is 4.79 Å². The number of hydrogen-bond donors (Lipinski definition) is 3. The number of carboxylic acid groups (broad SMARTS) is 1. The monoisotopic (exact) mass is 395 g/mol. The van der Waals surface area contributed by atoms with Crippen LogP contribution in [-0.4, -0.2) is 41.3 Å². The quantitative estimate of drug-likeness (QED) is 0.670. The van der Waals surface area contributed by atoms with Gasteiger partial charge in [0.05, 0.1) is 11.1 Å². The minimum absolute atomic E-state index is 0.343. The molecule has 0 fully saturated rings. The molecule has 0 heterocycles. The standard InChI is InChI=1S/C11H11Br2NO5/c12-6-1-2-9(7(13)3-6)19-5-10(16)14-8(4-15)11(17)18/h1-3,8,15H,4-5H2,(H,14,16)(H,17,18)/t8-/m1/s1. The van der Waals surface area contributed by atoms with Crippen molar-refractivity contribution in [2.75, 3.05) is 13.2 Å². The fraction of sp³-hybridized carbons (Fsp3) is 0.273. The molecular formula is C11H11Br2NO5. The first-order valence-electron chi connectivity index (χ1n) is 5.15. The van der Waals surface area contributed by atoms with Crippen LogP contribution in [0.3, 0.4) is 0 Å². The van der Waals surface area contributed by atoms with E-state index in [0.29, 0.717) is 10.2 Å². The Morgan fingerprint density at radius 2 is 2.05 bits per heavy atom. The average Bonchev–Trinajstić information content (AvgIpc) is 2.34. The van der Waals surface area contributed by atoms with Crippen molar-refractivity contribution in [1.29, 1.82) is 0 Å². The SMILES string of the molecule is O=C(COc1ccc(Br)cc1Br)N[C@H](CO)C(=O)O. The van der Waals surface area contributed by atoms with Crippen LogP contribution < -0.4 is 10.1 Å². The van der Waals surface area contributed by atoms with Crippen LogP contribution in [-0.2, 0) is 9.59 Å². The van der Waals surface area contributed by atoms with Crippen LogP contribution in [0.4, 0.5) is 0 Å². The molecule has 8 heteroatoms. The summed E-state index contributed by atoms with van der Waals surface area (Å²) in [7, 11) is 0. The summed E-state index contributed by atoms with van der Waals surface area (Å²) in [4.78, 5) is 22.0. The van der Waals surface area contributed by atoms with Crippen molar-refractivity contribution < 1.29 is 24.5 Å². The lowest BCUT2D eigenvalue weighted by molar-refractivity contribution is -0.143. The van der Waals surface area contributed by atoms with Crippen molar-refractivity contribution in [1.82, 2.24) is 5.32 Å². The lowest BCUT2D eigenvalue weighted by Gasteiger charge is -2.12. The van der Waals surface area contributed by atoms with Crippen LogP contribution >= 0.6 is 31.9 Å². The maximum Gasteiger partial charge on any atom is 0.328 e. The molecule has 1 atom stereocenters. The first-order chi connectivity index (χ1) is 8.93. The van der Waals surface area contributed by atoms with Crippen molar-refractivity contribution in [2.24, 2.45) is 0 Å². The van der Waals surface area contributed by atoms with E-state index in [1.54, 1.807) is 18.2 Å². The highest BCUT2D eigenvalue weighted by molar-refractivity contribution is 9.11. The van der Waals surface area contributed by atoms with E-state index < -0.39 is 24.5 Å². The number of ether oxygens (including phenoxy) is 1. The second-order valence-electron chi connectivity index (χ2n) is 3.50. The Hall–Kier alpha value is -1.12. The largest absolute Gasteiger partial charge is 0.483 e. The van der Waals surface area contributed by atoms with Gasteiger partial charge < -0.3 is 20.3 Å². The van der Waals surface area contributed by atoms with Crippen molar-refractivity contribution in [3.8, 4) is 5.75 Å².